The van der Waals surface area contributed by atoms with Crippen molar-refractivity contribution < 1.29 is 9.84 Å². The van der Waals surface area contributed by atoms with Crippen molar-refractivity contribution in [3.63, 3.8) is 0 Å². The summed E-state index contributed by atoms with van der Waals surface area (Å²) < 4.78 is 6.10. The van der Waals surface area contributed by atoms with Gasteiger partial charge < -0.3 is 20.1 Å². The van der Waals surface area contributed by atoms with Crippen LogP contribution in [0.25, 0.3) is 0 Å². The highest BCUT2D eigenvalue weighted by atomic mass is 127. The molecule has 2 fully saturated rings. The minimum absolute atomic E-state index is 0. The molecule has 2 aromatic rings. The van der Waals surface area contributed by atoms with Crippen molar-refractivity contribution >= 4 is 29.9 Å². The number of nitrogens with one attached hydrogen (secondary N) is 1. The zero-order chi connectivity index (χ0) is 20.8. The number of guanidine groups is 1. The summed E-state index contributed by atoms with van der Waals surface area (Å²) in [7, 11) is 0. The van der Waals surface area contributed by atoms with Crippen molar-refractivity contribution in [3.8, 4) is 0 Å². The zero-order valence-corrected chi connectivity index (χ0v) is 20.3. The number of morpholine rings is 1. The van der Waals surface area contributed by atoms with Gasteiger partial charge in [0.05, 0.1) is 31.4 Å². The van der Waals surface area contributed by atoms with Crippen LogP contribution in [0.15, 0.2) is 59.9 Å². The van der Waals surface area contributed by atoms with E-state index in [9.17, 15) is 5.11 Å². The third-order valence-corrected chi connectivity index (χ3v) is 5.78. The number of hydrogen-bond acceptors (Lipinski definition) is 5. The Labute approximate surface area is 201 Å². The third kappa shape index (κ3) is 6.15. The molecule has 0 radical (unpaired) electrons. The number of aliphatic hydroxyl groups excluding tert-OH is 1. The second kappa shape index (κ2) is 11.8. The number of hydrogen-bond donors (Lipinski definition) is 2. The highest BCUT2D eigenvalue weighted by Gasteiger charge is 2.41. The molecule has 2 N–H and O–H groups in total. The molecule has 31 heavy (non-hydrogen) atoms. The molecule has 1 aromatic carbocycles. The molecule has 3 atom stereocenters. The maximum atomic E-state index is 10.5. The summed E-state index contributed by atoms with van der Waals surface area (Å²) in [6.45, 7) is 7.48. The van der Waals surface area contributed by atoms with Gasteiger partial charge in [-0.05, 0) is 30.2 Å². The number of likely N-dealkylation sites (tertiary alicyclic amines) is 1. The number of benzene rings is 1. The van der Waals surface area contributed by atoms with E-state index in [0.29, 0.717) is 12.6 Å². The van der Waals surface area contributed by atoms with E-state index in [4.69, 9.17) is 9.73 Å². The van der Waals surface area contributed by atoms with E-state index >= 15 is 0 Å². The quantitative estimate of drug-likeness (QED) is 0.335. The fourth-order valence-corrected chi connectivity index (χ4v) is 4.24. The minimum atomic E-state index is -0.641. The van der Waals surface area contributed by atoms with Gasteiger partial charge in [-0.2, -0.15) is 0 Å². The number of aliphatic imine (C=N–C) groups is 1. The first-order valence-electron chi connectivity index (χ1n) is 10.8. The Morgan fingerprint density at radius 2 is 2.00 bits per heavy atom. The Kier molecular flexibility index (Phi) is 9.06. The molecular formula is C23H32IN5O2. The summed E-state index contributed by atoms with van der Waals surface area (Å²) in [6, 6.07) is 14.6. The number of nitrogens with zero attached hydrogens (tertiary/aromatic N) is 4. The van der Waals surface area contributed by atoms with Crippen LogP contribution < -0.4 is 5.32 Å². The molecule has 2 saturated heterocycles. The van der Waals surface area contributed by atoms with Gasteiger partial charge >= 0.3 is 0 Å². The monoisotopic (exact) mass is 537 g/mol. The molecule has 0 bridgehead atoms. The van der Waals surface area contributed by atoms with Crippen LogP contribution in [0.1, 0.15) is 24.2 Å². The van der Waals surface area contributed by atoms with Crippen molar-refractivity contribution in [2.45, 2.75) is 31.7 Å². The predicted molar refractivity (Wildman–Crippen MR) is 133 cm³/mol. The molecule has 2 aliphatic rings. The fraction of sp³-hybridized carbons (Fsp3) is 0.478. The van der Waals surface area contributed by atoms with E-state index in [1.807, 2.05) is 12.1 Å². The van der Waals surface area contributed by atoms with Gasteiger partial charge in [0, 0.05) is 45.1 Å². The fourth-order valence-electron chi connectivity index (χ4n) is 4.24. The van der Waals surface area contributed by atoms with Crippen molar-refractivity contribution in [3.05, 3.63) is 66.0 Å². The molecule has 0 amide bonds. The summed E-state index contributed by atoms with van der Waals surface area (Å²) in [5, 5.41) is 13.9. The van der Waals surface area contributed by atoms with Gasteiger partial charge in [0.15, 0.2) is 5.96 Å². The molecule has 2 aliphatic heterocycles. The summed E-state index contributed by atoms with van der Waals surface area (Å²) in [6.07, 6.45) is 2.92. The second-order valence-corrected chi connectivity index (χ2v) is 7.83. The Morgan fingerprint density at radius 1 is 1.23 bits per heavy atom. The summed E-state index contributed by atoms with van der Waals surface area (Å²) in [5.41, 5.74) is 2.16. The molecule has 0 saturated carbocycles. The van der Waals surface area contributed by atoms with E-state index in [2.05, 4.69) is 57.4 Å². The predicted octanol–water partition coefficient (Wildman–Crippen LogP) is 2.28. The van der Waals surface area contributed by atoms with Crippen LogP contribution >= 0.6 is 24.0 Å². The van der Waals surface area contributed by atoms with Crippen LogP contribution in [0, 0.1) is 0 Å². The smallest absolute Gasteiger partial charge is 0.194 e. The average molecular weight is 537 g/mol. The molecule has 4 rings (SSSR count). The molecule has 1 aromatic heterocycles. The van der Waals surface area contributed by atoms with E-state index in [0.717, 1.165) is 50.9 Å². The van der Waals surface area contributed by atoms with Gasteiger partial charge in [-0.3, -0.25) is 14.9 Å². The SMILES string of the molecule is CCNC(=NCC(O)c1ccncc1)N1CC2OCCN(Cc3ccccc3)C2C1.I. The zero-order valence-electron chi connectivity index (χ0n) is 17.9. The number of ether oxygens (including phenoxy) is 1. The third-order valence-electron chi connectivity index (χ3n) is 5.78. The van der Waals surface area contributed by atoms with Gasteiger partial charge in [0.2, 0.25) is 0 Å². The molecule has 3 heterocycles. The first kappa shape index (κ1) is 23.9. The number of fused-ring (bicyclic) bond motifs is 1. The largest absolute Gasteiger partial charge is 0.386 e. The lowest BCUT2D eigenvalue weighted by Gasteiger charge is -2.36. The van der Waals surface area contributed by atoms with Gasteiger partial charge in [-0.25, -0.2) is 0 Å². The molecule has 7 nitrogen and oxygen atoms in total. The average Bonchev–Trinajstić information content (AvgIpc) is 3.23. The Morgan fingerprint density at radius 3 is 2.74 bits per heavy atom. The van der Waals surface area contributed by atoms with Crippen LogP contribution in [0.5, 0.6) is 0 Å². The van der Waals surface area contributed by atoms with Gasteiger partial charge in [0.1, 0.15) is 0 Å². The summed E-state index contributed by atoms with van der Waals surface area (Å²) in [5.74, 6) is 0.836. The highest BCUT2D eigenvalue weighted by Crippen LogP contribution is 2.25. The number of aromatic nitrogens is 1. The molecule has 168 valence electrons. The topological polar surface area (TPSA) is 73.2 Å². The van der Waals surface area contributed by atoms with Crippen LogP contribution in [0.2, 0.25) is 0 Å². The van der Waals surface area contributed by atoms with E-state index < -0.39 is 6.10 Å². The van der Waals surface area contributed by atoms with Gasteiger partial charge in [-0.1, -0.05) is 30.3 Å². The Balaban J connectivity index is 0.00000272. The first-order valence-corrected chi connectivity index (χ1v) is 10.8. The van der Waals surface area contributed by atoms with E-state index in [-0.39, 0.29) is 30.1 Å². The number of pyridine rings is 1. The van der Waals surface area contributed by atoms with Gasteiger partial charge in [0.25, 0.3) is 0 Å². The van der Waals surface area contributed by atoms with Crippen LogP contribution in [-0.4, -0.2) is 77.3 Å². The lowest BCUT2D eigenvalue weighted by atomic mass is 10.1. The molecule has 3 unspecified atom stereocenters. The van der Waals surface area contributed by atoms with Crippen molar-refractivity contribution in [2.75, 3.05) is 39.3 Å². The molecular weight excluding hydrogens is 505 g/mol. The van der Waals surface area contributed by atoms with Crippen molar-refractivity contribution in [1.82, 2.24) is 20.1 Å². The van der Waals surface area contributed by atoms with Crippen LogP contribution in [0.3, 0.4) is 0 Å². The maximum Gasteiger partial charge on any atom is 0.194 e. The lowest BCUT2D eigenvalue weighted by molar-refractivity contribution is -0.0502. The first-order chi connectivity index (χ1) is 14.7. The van der Waals surface area contributed by atoms with Crippen LogP contribution in [0.4, 0.5) is 0 Å². The van der Waals surface area contributed by atoms with Crippen LogP contribution in [-0.2, 0) is 11.3 Å². The van der Waals surface area contributed by atoms with Crippen molar-refractivity contribution in [2.24, 2.45) is 4.99 Å². The van der Waals surface area contributed by atoms with E-state index in [1.165, 1.54) is 5.56 Å². The minimum Gasteiger partial charge on any atom is -0.386 e. The number of rotatable bonds is 6. The van der Waals surface area contributed by atoms with E-state index in [1.54, 1.807) is 12.4 Å². The van der Waals surface area contributed by atoms with Crippen molar-refractivity contribution in [1.29, 1.82) is 0 Å². The number of halogens is 1. The Bertz CT molecular complexity index is 823. The molecule has 0 spiro atoms. The lowest BCUT2D eigenvalue weighted by Crippen LogP contribution is -2.50. The van der Waals surface area contributed by atoms with Gasteiger partial charge in [-0.15, -0.1) is 24.0 Å². The molecule has 8 heteroatoms. The highest BCUT2D eigenvalue weighted by molar-refractivity contribution is 14.0. The maximum absolute atomic E-state index is 10.5. The summed E-state index contributed by atoms with van der Waals surface area (Å²) in [4.78, 5) is 13.5. The summed E-state index contributed by atoms with van der Waals surface area (Å²) >= 11 is 0. The second-order valence-electron chi connectivity index (χ2n) is 7.83. The molecule has 0 aliphatic carbocycles. The normalized spacial score (nSPS) is 22.5. The standard InChI is InChI=1S/C23H31N5O2.HI/c1-2-25-23(26-14-21(29)19-8-10-24-11-9-19)28-16-20-22(17-28)30-13-12-27(20)15-18-6-4-3-5-7-18;/h3-11,20-22,29H,2,12-17H2,1H3,(H,25,26);1H. The Hall–Kier alpha value is -1.75. The number of aliphatic hydroxyl groups is 1.